The minimum Gasteiger partial charge on any atom is -0.378 e. The summed E-state index contributed by atoms with van der Waals surface area (Å²) in [6, 6.07) is 0. The van der Waals surface area contributed by atoms with Gasteiger partial charge in [-0.05, 0) is 0 Å². The van der Waals surface area contributed by atoms with Gasteiger partial charge in [-0.2, -0.15) is 10.3 Å². The molecule has 1 rings (SSSR count). The SMILES string of the molecule is CC(C)(C)C(=NC#N)N1CCOCC1. The maximum atomic E-state index is 8.64. The third-order valence-corrected chi connectivity index (χ3v) is 2.14. The average Bonchev–Trinajstić information content (AvgIpc) is 2.14. The highest BCUT2D eigenvalue weighted by Gasteiger charge is 2.26. The van der Waals surface area contributed by atoms with Crippen molar-refractivity contribution in [1.82, 2.24) is 4.90 Å². The Hall–Kier alpha value is -1.08. The van der Waals surface area contributed by atoms with Crippen molar-refractivity contribution in [2.24, 2.45) is 10.4 Å². The molecule has 0 saturated carbocycles. The normalized spacial score (nSPS) is 19.3. The summed E-state index contributed by atoms with van der Waals surface area (Å²) < 4.78 is 5.26. The van der Waals surface area contributed by atoms with Gasteiger partial charge in [0.05, 0.1) is 13.2 Å². The smallest absolute Gasteiger partial charge is 0.207 e. The van der Waals surface area contributed by atoms with Crippen molar-refractivity contribution < 1.29 is 4.74 Å². The van der Waals surface area contributed by atoms with Crippen LogP contribution in [0.25, 0.3) is 0 Å². The topological polar surface area (TPSA) is 48.6 Å². The van der Waals surface area contributed by atoms with Gasteiger partial charge in [0.1, 0.15) is 5.84 Å². The molecule has 4 nitrogen and oxygen atoms in total. The Morgan fingerprint density at radius 3 is 2.36 bits per heavy atom. The van der Waals surface area contributed by atoms with Gasteiger partial charge in [0.25, 0.3) is 0 Å². The summed E-state index contributed by atoms with van der Waals surface area (Å²) in [6.07, 6.45) is 1.88. The Morgan fingerprint density at radius 2 is 1.93 bits per heavy atom. The van der Waals surface area contributed by atoms with Crippen LogP contribution in [0.1, 0.15) is 20.8 Å². The molecular formula is C10H17N3O. The first-order valence-electron chi connectivity index (χ1n) is 4.85. The summed E-state index contributed by atoms with van der Waals surface area (Å²) in [5.74, 6) is 0.864. The monoisotopic (exact) mass is 195 g/mol. The highest BCUT2D eigenvalue weighted by Crippen LogP contribution is 2.19. The number of morpholine rings is 1. The van der Waals surface area contributed by atoms with Gasteiger partial charge in [-0.1, -0.05) is 20.8 Å². The molecule has 0 unspecified atom stereocenters. The summed E-state index contributed by atoms with van der Waals surface area (Å²) in [5.41, 5.74) is -0.0763. The fourth-order valence-electron chi connectivity index (χ4n) is 1.54. The Morgan fingerprint density at radius 1 is 1.36 bits per heavy atom. The lowest BCUT2D eigenvalue weighted by atomic mass is 9.93. The molecule has 1 aliphatic heterocycles. The van der Waals surface area contributed by atoms with Gasteiger partial charge in [0, 0.05) is 18.5 Å². The van der Waals surface area contributed by atoms with Crippen LogP contribution in [-0.4, -0.2) is 37.0 Å². The van der Waals surface area contributed by atoms with E-state index in [1.54, 1.807) is 0 Å². The van der Waals surface area contributed by atoms with Crippen LogP contribution >= 0.6 is 0 Å². The number of hydrogen-bond donors (Lipinski definition) is 0. The standard InChI is InChI=1S/C10H17N3O/c1-10(2,3)9(12-8-11)13-4-6-14-7-5-13/h4-7H2,1-3H3. The number of nitriles is 1. The predicted molar refractivity (Wildman–Crippen MR) is 54.9 cm³/mol. The van der Waals surface area contributed by atoms with Crippen molar-refractivity contribution in [2.45, 2.75) is 20.8 Å². The first kappa shape index (κ1) is 11.0. The van der Waals surface area contributed by atoms with E-state index in [0.29, 0.717) is 0 Å². The molecule has 0 amide bonds. The predicted octanol–water partition coefficient (Wildman–Crippen LogP) is 1.24. The highest BCUT2D eigenvalue weighted by molar-refractivity contribution is 5.88. The fourth-order valence-corrected chi connectivity index (χ4v) is 1.54. The first-order valence-corrected chi connectivity index (χ1v) is 4.85. The van der Waals surface area contributed by atoms with Gasteiger partial charge in [-0.25, -0.2) is 0 Å². The van der Waals surface area contributed by atoms with Crippen LogP contribution < -0.4 is 0 Å². The molecule has 0 aliphatic carbocycles. The fraction of sp³-hybridized carbons (Fsp3) is 0.800. The van der Waals surface area contributed by atoms with Crippen LogP contribution in [0, 0.1) is 16.9 Å². The molecule has 1 heterocycles. The molecule has 4 heteroatoms. The van der Waals surface area contributed by atoms with E-state index in [-0.39, 0.29) is 5.41 Å². The van der Waals surface area contributed by atoms with Crippen molar-refractivity contribution in [3.63, 3.8) is 0 Å². The summed E-state index contributed by atoms with van der Waals surface area (Å²) in [7, 11) is 0. The lowest BCUT2D eigenvalue weighted by Crippen LogP contribution is -2.46. The maximum Gasteiger partial charge on any atom is 0.207 e. The van der Waals surface area contributed by atoms with Gasteiger partial charge in [0.15, 0.2) is 0 Å². The Balaban J connectivity index is 2.78. The quantitative estimate of drug-likeness (QED) is 0.332. The number of ether oxygens (including phenoxy) is 1. The molecule has 0 aromatic carbocycles. The van der Waals surface area contributed by atoms with E-state index in [9.17, 15) is 0 Å². The zero-order valence-electron chi connectivity index (χ0n) is 9.08. The van der Waals surface area contributed by atoms with Crippen LogP contribution in [-0.2, 0) is 4.74 Å². The molecule has 1 fully saturated rings. The van der Waals surface area contributed by atoms with Gasteiger partial charge in [-0.3, -0.25) is 0 Å². The summed E-state index contributed by atoms with van der Waals surface area (Å²) in [4.78, 5) is 6.04. The van der Waals surface area contributed by atoms with E-state index in [1.807, 2.05) is 6.19 Å². The lowest BCUT2D eigenvalue weighted by molar-refractivity contribution is 0.0646. The van der Waals surface area contributed by atoms with Crippen molar-refractivity contribution in [1.29, 1.82) is 5.26 Å². The number of aliphatic imine (C=N–C) groups is 1. The van der Waals surface area contributed by atoms with E-state index in [2.05, 4.69) is 30.7 Å². The van der Waals surface area contributed by atoms with E-state index in [1.165, 1.54) is 0 Å². The van der Waals surface area contributed by atoms with Crippen molar-refractivity contribution in [2.75, 3.05) is 26.3 Å². The minimum absolute atomic E-state index is 0.0763. The summed E-state index contributed by atoms with van der Waals surface area (Å²) >= 11 is 0. The van der Waals surface area contributed by atoms with Gasteiger partial charge < -0.3 is 9.64 Å². The molecule has 14 heavy (non-hydrogen) atoms. The molecule has 0 bridgehead atoms. The largest absolute Gasteiger partial charge is 0.378 e. The number of rotatable bonds is 0. The molecule has 1 saturated heterocycles. The number of nitrogens with zero attached hydrogens (tertiary/aromatic N) is 3. The Kier molecular flexibility index (Phi) is 3.48. The molecule has 0 aromatic heterocycles. The molecule has 0 aromatic rings. The van der Waals surface area contributed by atoms with Crippen molar-refractivity contribution in [3.05, 3.63) is 0 Å². The zero-order chi connectivity index (χ0) is 10.6. The molecule has 0 atom stereocenters. The van der Waals surface area contributed by atoms with Crippen LogP contribution in [0.3, 0.4) is 0 Å². The molecular weight excluding hydrogens is 178 g/mol. The summed E-state index contributed by atoms with van der Waals surface area (Å²) in [5, 5.41) is 8.64. The lowest BCUT2D eigenvalue weighted by Gasteiger charge is -2.35. The second kappa shape index (κ2) is 4.43. The van der Waals surface area contributed by atoms with E-state index >= 15 is 0 Å². The second-order valence-electron chi connectivity index (χ2n) is 4.38. The van der Waals surface area contributed by atoms with E-state index < -0.39 is 0 Å². The molecule has 0 N–H and O–H groups in total. The molecule has 1 aliphatic rings. The first-order chi connectivity index (χ1) is 6.55. The Bertz CT molecular complexity index is 254. The molecule has 0 spiro atoms. The average molecular weight is 195 g/mol. The van der Waals surface area contributed by atoms with Crippen molar-refractivity contribution in [3.8, 4) is 6.19 Å². The van der Waals surface area contributed by atoms with Gasteiger partial charge >= 0.3 is 0 Å². The second-order valence-corrected chi connectivity index (χ2v) is 4.38. The summed E-state index contributed by atoms with van der Waals surface area (Å²) in [6.45, 7) is 9.31. The van der Waals surface area contributed by atoms with E-state index in [4.69, 9.17) is 10.00 Å². The maximum absolute atomic E-state index is 8.64. The third kappa shape index (κ3) is 2.71. The number of amidine groups is 1. The minimum atomic E-state index is -0.0763. The zero-order valence-corrected chi connectivity index (χ0v) is 9.08. The van der Waals surface area contributed by atoms with Gasteiger partial charge in [-0.15, -0.1) is 0 Å². The highest BCUT2D eigenvalue weighted by atomic mass is 16.5. The number of hydrogen-bond acceptors (Lipinski definition) is 3. The molecule has 78 valence electrons. The van der Waals surface area contributed by atoms with Gasteiger partial charge in [0.2, 0.25) is 6.19 Å². The Labute approximate surface area is 85.2 Å². The van der Waals surface area contributed by atoms with Crippen LogP contribution in [0.5, 0.6) is 0 Å². The van der Waals surface area contributed by atoms with Crippen molar-refractivity contribution >= 4 is 5.84 Å². The van der Waals surface area contributed by atoms with Crippen LogP contribution in [0.15, 0.2) is 4.99 Å². The van der Waals surface area contributed by atoms with E-state index in [0.717, 1.165) is 32.1 Å². The van der Waals surface area contributed by atoms with Crippen LogP contribution in [0.4, 0.5) is 0 Å². The molecule has 0 radical (unpaired) electrons. The third-order valence-electron chi connectivity index (χ3n) is 2.14. The van der Waals surface area contributed by atoms with Crippen LogP contribution in [0.2, 0.25) is 0 Å².